The van der Waals surface area contributed by atoms with Crippen LogP contribution in [0.1, 0.15) is 65.2 Å². The maximum absolute atomic E-state index is 11.7. The van der Waals surface area contributed by atoms with Gasteiger partial charge in [-0.05, 0) is 38.3 Å². The highest BCUT2D eigenvalue weighted by atomic mass is 16.1. The van der Waals surface area contributed by atoms with Gasteiger partial charge in [0.1, 0.15) is 0 Å². The fourth-order valence-corrected chi connectivity index (χ4v) is 2.74. The topological polar surface area (TPSA) is 32.3 Å². The normalized spacial score (nSPS) is 17.6. The van der Waals surface area contributed by atoms with Gasteiger partial charge in [0.15, 0.2) is 0 Å². The first-order valence-electron chi connectivity index (χ1n) is 8.21. The molecule has 0 saturated carbocycles. The number of rotatable bonds is 10. The van der Waals surface area contributed by atoms with Crippen molar-refractivity contribution in [2.45, 2.75) is 65.2 Å². The van der Waals surface area contributed by atoms with E-state index in [1.807, 2.05) is 0 Å². The van der Waals surface area contributed by atoms with Gasteiger partial charge in [-0.3, -0.25) is 4.79 Å². The molecule has 0 aliphatic carbocycles. The fraction of sp³-hybridized carbons (Fsp3) is 0.938. The highest BCUT2D eigenvalue weighted by Crippen LogP contribution is 2.10. The first-order valence-corrected chi connectivity index (χ1v) is 8.21. The maximum atomic E-state index is 11.7. The lowest BCUT2D eigenvalue weighted by molar-refractivity contribution is -0.121. The van der Waals surface area contributed by atoms with E-state index in [2.05, 4.69) is 24.1 Å². The number of hydrogen-bond donors (Lipinski definition) is 1. The number of carbonyl (C=O) groups excluding carboxylic acids is 1. The molecule has 112 valence electrons. The van der Waals surface area contributed by atoms with Gasteiger partial charge in [0.25, 0.3) is 0 Å². The summed E-state index contributed by atoms with van der Waals surface area (Å²) in [5.74, 6) is 0.812. The molecule has 0 bridgehead atoms. The summed E-state index contributed by atoms with van der Waals surface area (Å²) in [7, 11) is 0. The third-order valence-electron chi connectivity index (χ3n) is 3.92. The molecule has 0 aromatic rings. The first kappa shape index (κ1) is 16.5. The van der Waals surface area contributed by atoms with Crippen molar-refractivity contribution in [3.05, 3.63) is 0 Å². The van der Waals surface area contributed by atoms with Crippen LogP contribution in [-0.4, -0.2) is 37.0 Å². The average Bonchev–Trinajstić information content (AvgIpc) is 2.89. The largest absolute Gasteiger partial charge is 0.356 e. The minimum absolute atomic E-state index is 0.241. The summed E-state index contributed by atoms with van der Waals surface area (Å²) in [4.78, 5) is 14.2. The van der Waals surface area contributed by atoms with Crippen molar-refractivity contribution < 1.29 is 4.79 Å². The summed E-state index contributed by atoms with van der Waals surface area (Å²) in [6.07, 6.45) is 9.48. The number of amides is 1. The smallest absolute Gasteiger partial charge is 0.220 e. The van der Waals surface area contributed by atoms with E-state index in [9.17, 15) is 4.79 Å². The van der Waals surface area contributed by atoms with Crippen molar-refractivity contribution in [3.8, 4) is 0 Å². The van der Waals surface area contributed by atoms with Gasteiger partial charge in [-0.2, -0.15) is 0 Å². The molecule has 0 aromatic carbocycles. The Balaban J connectivity index is 1.96. The van der Waals surface area contributed by atoms with E-state index in [0.29, 0.717) is 12.3 Å². The summed E-state index contributed by atoms with van der Waals surface area (Å²) in [6.45, 7) is 8.92. The number of nitrogens with zero attached hydrogens (tertiary/aromatic N) is 1. The van der Waals surface area contributed by atoms with E-state index in [1.165, 1.54) is 51.6 Å². The zero-order chi connectivity index (χ0) is 13.9. The molecule has 1 saturated heterocycles. The predicted molar refractivity (Wildman–Crippen MR) is 81.2 cm³/mol. The molecular formula is C16H32N2O. The Hall–Kier alpha value is -0.570. The standard InChI is InChI=1S/C16H32N2O/c1-3-4-5-6-7-10-16(19)17-13-15(2)14-18-11-8-9-12-18/h15H,3-14H2,1-2H3,(H,17,19). The quantitative estimate of drug-likeness (QED) is 0.617. The molecule has 1 aliphatic rings. The Morgan fingerprint density at radius 3 is 2.53 bits per heavy atom. The number of unbranched alkanes of at least 4 members (excludes halogenated alkanes) is 4. The van der Waals surface area contributed by atoms with Gasteiger partial charge in [0, 0.05) is 19.5 Å². The molecule has 1 aliphatic heterocycles. The molecule has 1 amide bonds. The molecule has 1 fully saturated rings. The van der Waals surface area contributed by atoms with Crippen molar-refractivity contribution >= 4 is 5.91 Å². The molecule has 1 heterocycles. The Kier molecular flexibility index (Phi) is 8.89. The number of hydrogen-bond acceptors (Lipinski definition) is 2. The molecule has 19 heavy (non-hydrogen) atoms. The molecule has 3 heteroatoms. The number of likely N-dealkylation sites (tertiary alicyclic amines) is 1. The fourth-order valence-electron chi connectivity index (χ4n) is 2.74. The van der Waals surface area contributed by atoms with Gasteiger partial charge in [-0.15, -0.1) is 0 Å². The summed E-state index contributed by atoms with van der Waals surface area (Å²) in [6, 6.07) is 0. The van der Waals surface area contributed by atoms with E-state index < -0.39 is 0 Å². The monoisotopic (exact) mass is 268 g/mol. The zero-order valence-electron chi connectivity index (χ0n) is 12.9. The first-order chi connectivity index (χ1) is 9.22. The van der Waals surface area contributed by atoms with Crippen LogP contribution in [-0.2, 0) is 4.79 Å². The van der Waals surface area contributed by atoms with Crippen LogP contribution in [0.25, 0.3) is 0 Å². The van der Waals surface area contributed by atoms with Crippen LogP contribution in [0, 0.1) is 5.92 Å². The summed E-state index contributed by atoms with van der Waals surface area (Å²) < 4.78 is 0. The molecule has 0 spiro atoms. The average molecular weight is 268 g/mol. The van der Waals surface area contributed by atoms with Crippen LogP contribution in [0.2, 0.25) is 0 Å². The SMILES string of the molecule is CCCCCCCC(=O)NCC(C)CN1CCCC1. The van der Waals surface area contributed by atoms with E-state index in [0.717, 1.165) is 19.5 Å². The van der Waals surface area contributed by atoms with Crippen LogP contribution in [0.4, 0.5) is 0 Å². The Morgan fingerprint density at radius 2 is 1.84 bits per heavy atom. The number of nitrogens with one attached hydrogen (secondary N) is 1. The molecule has 0 aromatic heterocycles. The van der Waals surface area contributed by atoms with Crippen molar-refractivity contribution in [3.63, 3.8) is 0 Å². The molecule has 0 radical (unpaired) electrons. The lowest BCUT2D eigenvalue weighted by Gasteiger charge is -2.20. The molecule has 1 rings (SSSR count). The lowest BCUT2D eigenvalue weighted by Crippen LogP contribution is -2.34. The Labute approximate surface area is 119 Å². The third-order valence-corrected chi connectivity index (χ3v) is 3.92. The van der Waals surface area contributed by atoms with Gasteiger partial charge in [-0.25, -0.2) is 0 Å². The van der Waals surface area contributed by atoms with Crippen molar-refractivity contribution in [1.82, 2.24) is 10.2 Å². The highest BCUT2D eigenvalue weighted by Gasteiger charge is 2.14. The zero-order valence-corrected chi connectivity index (χ0v) is 12.9. The second kappa shape index (κ2) is 10.2. The Bertz CT molecular complexity index is 237. The van der Waals surface area contributed by atoms with Gasteiger partial charge < -0.3 is 10.2 Å². The van der Waals surface area contributed by atoms with Crippen LogP contribution < -0.4 is 5.32 Å². The summed E-state index contributed by atoms with van der Waals surface area (Å²) >= 11 is 0. The molecule has 1 atom stereocenters. The Morgan fingerprint density at radius 1 is 1.16 bits per heavy atom. The maximum Gasteiger partial charge on any atom is 0.220 e. The van der Waals surface area contributed by atoms with E-state index in [-0.39, 0.29) is 5.91 Å². The second-order valence-electron chi connectivity index (χ2n) is 6.08. The van der Waals surface area contributed by atoms with Crippen molar-refractivity contribution in [2.24, 2.45) is 5.92 Å². The van der Waals surface area contributed by atoms with Crippen LogP contribution >= 0.6 is 0 Å². The van der Waals surface area contributed by atoms with Crippen LogP contribution in [0.15, 0.2) is 0 Å². The van der Waals surface area contributed by atoms with Crippen LogP contribution in [0.3, 0.4) is 0 Å². The van der Waals surface area contributed by atoms with Crippen molar-refractivity contribution in [2.75, 3.05) is 26.2 Å². The van der Waals surface area contributed by atoms with E-state index >= 15 is 0 Å². The van der Waals surface area contributed by atoms with Gasteiger partial charge in [0.2, 0.25) is 5.91 Å². The van der Waals surface area contributed by atoms with E-state index in [4.69, 9.17) is 0 Å². The van der Waals surface area contributed by atoms with Crippen LogP contribution in [0.5, 0.6) is 0 Å². The minimum atomic E-state index is 0.241. The minimum Gasteiger partial charge on any atom is -0.356 e. The van der Waals surface area contributed by atoms with E-state index in [1.54, 1.807) is 0 Å². The van der Waals surface area contributed by atoms with Gasteiger partial charge >= 0.3 is 0 Å². The summed E-state index contributed by atoms with van der Waals surface area (Å²) in [5, 5.41) is 3.08. The molecule has 1 unspecified atom stereocenters. The summed E-state index contributed by atoms with van der Waals surface area (Å²) in [5.41, 5.74) is 0. The predicted octanol–water partition coefficient (Wildman–Crippen LogP) is 3.20. The molecular weight excluding hydrogens is 236 g/mol. The molecule has 1 N–H and O–H groups in total. The highest BCUT2D eigenvalue weighted by molar-refractivity contribution is 5.75. The number of carbonyl (C=O) groups is 1. The molecule has 3 nitrogen and oxygen atoms in total. The third kappa shape index (κ3) is 8.25. The van der Waals surface area contributed by atoms with Crippen molar-refractivity contribution in [1.29, 1.82) is 0 Å². The lowest BCUT2D eigenvalue weighted by atomic mass is 10.1. The van der Waals surface area contributed by atoms with Gasteiger partial charge in [-0.1, -0.05) is 39.5 Å². The van der Waals surface area contributed by atoms with Gasteiger partial charge in [0.05, 0.1) is 0 Å². The second-order valence-corrected chi connectivity index (χ2v) is 6.08.